The molecule has 18 heavy (non-hydrogen) atoms. The van der Waals surface area contributed by atoms with Gasteiger partial charge in [0.15, 0.2) is 0 Å². The maximum atomic E-state index is 10.7. The van der Waals surface area contributed by atoms with Gasteiger partial charge >= 0.3 is 5.97 Å². The number of nitrogens with one attached hydrogen (secondary N) is 1. The minimum absolute atomic E-state index is 0.209. The molecule has 0 amide bonds. The fraction of sp³-hybridized carbons (Fsp3) is 0.538. The van der Waals surface area contributed by atoms with Gasteiger partial charge in [0.1, 0.15) is 0 Å². The molecule has 0 saturated heterocycles. The van der Waals surface area contributed by atoms with Crippen LogP contribution in [0.3, 0.4) is 0 Å². The standard InChI is InChI=1S/C13H20N2O3/c1-3-4-12(9-18-2)15-8-11-6-5-10(7-14-11)13(16)17/h5-7,12,15H,3-4,8-9H2,1-2H3,(H,16,17). The highest BCUT2D eigenvalue weighted by molar-refractivity contribution is 5.87. The van der Waals surface area contributed by atoms with Crippen molar-refractivity contribution in [1.82, 2.24) is 10.3 Å². The van der Waals surface area contributed by atoms with Crippen LogP contribution in [0.2, 0.25) is 0 Å². The molecule has 0 aliphatic heterocycles. The molecular weight excluding hydrogens is 232 g/mol. The lowest BCUT2D eigenvalue weighted by atomic mass is 10.1. The van der Waals surface area contributed by atoms with Crippen LogP contribution in [-0.4, -0.2) is 35.8 Å². The smallest absolute Gasteiger partial charge is 0.337 e. The summed E-state index contributed by atoms with van der Waals surface area (Å²) in [5.41, 5.74) is 1.04. The number of aromatic nitrogens is 1. The molecule has 1 rings (SSSR count). The third kappa shape index (κ3) is 4.81. The lowest BCUT2D eigenvalue weighted by Gasteiger charge is -2.16. The van der Waals surface area contributed by atoms with Crippen molar-refractivity contribution in [2.45, 2.75) is 32.4 Å². The molecule has 1 atom stereocenters. The Hall–Kier alpha value is -1.46. The third-order valence-electron chi connectivity index (χ3n) is 2.65. The second-order valence-corrected chi connectivity index (χ2v) is 4.17. The van der Waals surface area contributed by atoms with Gasteiger partial charge in [-0.25, -0.2) is 4.79 Å². The number of hydrogen-bond acceptors (Lipinski definition) is 4. The van der Waals surface area contributed by atoms with Crippen molar-refractivity contribution in [2.24, 2.45) is 0 Å². The number of carboxylic acids is 1. The Labute approximate surface area is 107 Å². The van der Waals surface area contributed by atoms with E-state index < -0.39 is 5.97 Å². The van der Waals surface area contributed by atoms with E-state index in [-0.39, 0.29) is 5.56 Å². The summed E-state index contributed by atoms with van der Waals surface area (Å²) in [6.45, 7) is 3.42. The third-order valence-corrected chi connectivity index (χ3v) is 2.65. The van der Waals surface area contributed by atoms with E-state index >= 15 is 0 Å². The van der Waals surface area contributed by atoms with Crippen molar-refractivity contribution in [1.29, 1.82) is 0 Å². The lowest BCUT2D eigenvalue weighted by molar-refractivity contribution is 0.0696. The zero-order chi connectivity index (χ0) is 13.4. The first-order chi connectivity index (χ1) is 8.67. The van der Waals surface area contributed by atoms with E-state index in [1.807, 2.05) is 0 Å². The van der Waals surface area contributed by atoms with E-state index in [9.17, 15) is 4.79 Å². The first-order valence-corrected chi connectivity index (χ1v) is 6.08. The molecule has 1 unspecified atom stereocenters. The van der Waals surface area contributed by atoms with Crippen molar-refractivity contribution in [3.05, 3.63) is 29.6 Å². The van der Waals surface area contributed by atoms with Gasteiger partial charge in [-0.15, -0.1) is 0 Å². The Morgan fingerprint density at radius 2 is 2.33 bits per heavy atom. The minimum atomic E-state index is -0.953. The van der Waals surface area contributed by atoms with Crippen molar-refractivity contribution in [3.8, 4) is 0 Å². The fourth-order valence-corrected chi connectivity index (χ4v) is 1.70. The average molecular weight is 252 g/mol. The molecule has 0 bridgehead atoms. The largest absolute Gasteiger partial charge is 0.478 e. The number of hydrogen-bond donors (Lipinski definition) is 2. The normalized spacial score (nSPS) is 12.3. The highest BCUT2D eigenvalue weighted by Gasteiger charge is 2.07. The Balaban J connectivity index is 2.48. The molecule has 0 aromatic carbocycles. The molecule has 0 spiro atoms. The summed E-state index contributed by atoms with van der Waals surface area (Å²) in [4.78, 5) is 14.8. The van der Waals surface area contributed by atoms with Gasteiger partial charge in [0, 0.05) is 25.9 Å². The Morgan fingerprint density at radius 3 is 2.83 bits per heavy atom. The predicted molar refractivity (Wildman–Crippen MR) is 68.6 cm³/mol. The van der Waals surface area contributed by atoms with Crippen molar-refractivity contribution in [2.75, 3.05) is 13.7 Å². The molecule has 0 saturated carbocycles. The van der Waals surface area contributed by atoms with Crippen molar-refractivity contribution in [3.63, 3.8) is 0 Å². The second-order valence-electron chi connectivity index (χ2n) is 4.17. The summed E-state index contributed by atoms with van der Waals surface area (Å²) in [6.07, 6.45) is 3.51. The molecule has 2 N–H and O–H groups in total. The number of methoxy groups -OCH3 is 1. The molecule has 0 radical (unpaired) electrons. The molecule has 5 heteroatoms. The van der Waals surface area contributed by atoms with Gasteiger partial charge in [0.05, 0.1) is 17.9 Å². The van der Waals surface area contributed by atoms with Gasteiger partial charge in [0.25, 0.3) is 0 Å². The van der Waals surface area contributed by atoms with Crippen LogP contribution in [0.1, 0.15) is 35.8 Å². The van der Waals surface area contributed by atoms with E-state index in [0.29, 0.717) is 19.2 Å². The summed E-state index contributed by atoms with van der Waals surface area (Å²) in [5.74, 6) is -0.953. The first kappa shape index (κ1) is 14.6. The van der Waals surface area contributed by atoms with Gasteiger partial charge in [0.2, 0.25) is 0 Å². The maximum Gasteiger partial charge on any atom is 0.337 e. The second kappa shape index (κ2) is 7.79. The number of carboxylic acid groups (broad SMARTS) is 1. The zero-order valence-corrected chi connectivity index (χ0v) is 10.8. The fourth-order valence-electron chi connectivity index (χ4n) is 1.70. The lowest BCUT2D eigenvalue weighted by Crippen LogP contribution is -2.32. The van der Waals surface area contributed by atoms with Gasteiger partial charge in [-0.05, 0) is 18.6 Å². The van der Waals surface area contributed by atoms with Crippen LogP contribution in [0, 0.1) is 0 Å². The predicted octanol–water partition coefficient (Wildman–Crippen LogP) is 1.68. The summed E-state index contributed by atoms with van der Waals surface area (Å²) in [7, 11) is 1.68. The molecule has 100 valence electrons. The highest BCUT2D eigenvalue weighted by Crippen LogP contribution is 2.02. The van der Waals surface area contributed by atoms with Crippen LogP contribution in [0.25, 0.3) is 0 Å². The van der Waals surface area contributed by atoms with Gasteiger partial charge in [-0.3, -0.25) is 4.98 Å². The van der Waals surface area contributed by atoms with Crippen LogP contribution in [-0.2, 0) is 11.3 Å². The number of rotatable bonds is 8. The van der Waals surface area contributed by atoms with Crippen LogP contribution in [0.15, 0.2) is 18.3 Å². The first-order valence-electron chi connectivity index (χ1n) is 6.08. The molecule has 0 fully saturated rings. The number of aromatic carboxylic acids is 1. The molecule has 1 aromatic heterocycles. The average Bonchev–Trinajstić information content (AvgIpc) is 2.37. The topological polar surface area (TPSA) is 71.5 Å². The maximum absolute atomic E-state index is 10.7. The minimum Gasteiger partial charge on any atom is -0.478 e. The number of pyridine rings is 1. The Bertz CT molecular complexity index is 359. The molecule has 1 heterocycles. The van der Waals surface area contributed by atoms with E-state index in [1.54, 1.807) is 19.2 Å². The molecule has 0 aliphatic rings. The zero-order valence-electron chi connectivity index (χ0n) is 10.8. The van der Waals surface area contributed by atoms with Crippen LogP contribution in [0.4, 0.5) is 0 Å². The number of carbonyl (C=O) groups is 1. The van der Waals surface area contributed by atoms with E-state index in [0.717, 1.165) is 18.5 Å². The summed E-state index contributed by atoms with van der Waals surface area (Å²) in [5, 5.41) is 12.1. The van der Waals surface area contributed by atoms with E-state index in [1.165, 1.54) is 6.20 Å². The highest BCUT2D eigenvalue weighted by atomic mass is 16.5. The van der Waals surface area contributed by atoms with E-state index in [2.05, 4.69) is 17.2 Å². The van der Waals surface area contributed by atoms with Crippen LogP contribution >= 0.6 is 0 Å². The van der Waals surface area contributed by atoms with Gasteiger partial charge < -0.3 is 15.2 Å². The summed E-state index contributed by atoms with van der Waals surface area (Å²) in [6, 6.07) is 3.60. The van der Waals surface area contributed by atoms with Crippen molar-refractivity contribution >= 4 is 5.97 Å². The molecule has 1 aromatic rings. The summed E-state index contributed by atoms with van der Waals surface area (Å²) < 4.78 is 5.13. The molecule has 5 nitrogen and oxygen atoms in total. The van der Waals surface area contributed by atoms with Crippen molar-refractivity contribution < 1.29 is 14.6 Å². The quantitative estimate of drug-likeness (QED) is 0.736. The van der Waals surface area contributed by atoms with E-state index in [4.69, 9.17) is 9.84 Å². The number of ether oxygens (including phenoxy) is 1. The summed E-state index contributed by atoms with van der Waals surface area (Å²) >= 11 is 0. The van der Waals surface area contributed by atoms with Crippen LogP contribution in [0.5, 0.6) is 0 Å². The monoisotopic (exact) mass is 252 g/mol. The van der Waals surface area contributed by atoms with Gasteiger partial charge in [-0.2, -0.15) is 0 Å². The van der Waals surface area contributed by atoms with Gasteiger partial charge in [-0.1, -0.05) is 13.3 Å². The SMILES string of the molecule is CCCC(COC)NCc1ccc(C(=O)O)cn1. The molecule has 0 aliphatic carbocycles. The van der Waals surface area contributed by atoms with Crippen LogP contribution < -0.4 is 5.32 Å². The molecular formula is C13H20N2O3. The Kier molecular flexibility index (Phi) is 6.32. The Morgan fingerprint density at radius 1 is 1.56 bits per heavy atom. The number of nitrogens with zero attached hydrogens (tertiary/aromatic N) is 1.